The van der Waals surface area contributed by atoms with Gasteiger partial charge in [-0.15, -0.1) is 16.9 Å². The average Bonchev–Trinajstić information content (AvgIpc) is 2.99. The summed E-state index contributed by atoms with van der Waals surface area (Å²) in [6.45, 7) is -0.526. The Morgan fingerprint density at radius 3 is 2.75 bits per heavy atom. The van der Waals surface area contributed by atoms with Crippen LogP contribution in [0.15, 0.2) is 11.3 Å². The number of amides is 1. The van der Waals surface area contributed by atoms with Crippen molar-refractivity contribution >= 4 is 46.7 Å². The van der Waals surface area contributed by atoms with E-state index in [1.165, 1.54) is 11.8 Å². The van der Waals surface area contributed by atoms with Crippen LogP contribution < -0.4 is 5.73 Å². The monoisotopic (exact) mass is 370 g/mol. The smallest absolute Gasteiger partial charge is 0.353 e. The number of thiocarbonyl (C=S) groups is 1. The standard InChI is InChI=1S/C11H10N6O5S2/c12-5-9(20)17-6(11(21)22)3(2-24-10(5)17)7(23)8-13-14-15-16(8)1-4(18)19/h5,10H,1-2,12H2,(H,18,19)(H,21,22)/t5-,10+/m1/s1. The number of carbonyl (C=O) groups excluding carboxylic acids is 1. The molecule has 126 valence electrons. The molecule has 2 aliphatic rings. The highest BCUT2D eigenvalue weighted by atomic mass is 32.2. The van der Waals surface area contributed by atoms with Crippen molar-refractivity contribution in [3.05, 3.63) is 17.1 Å². The van der Waals surface area contributed by atoms with Crippen molar-refractivity contribution in [2.24, 2.45) is 5.73 Å². The van der Waals surface area contributed by atoms with Gasteiger partial charge in [-0.25, -0.2) is 9.48 Å². The SMILES string of the molecule is N[C@@H]1C(=O)N2C(C(=O)O)=C(C(=S)c3nnnn3CC(=O)O)CS[C@@H]12. The van der Waals surface area contributed by atoms with Crippen LogP contribution in [0.2, 0.25) is 0 Å². The second kappa shape index (κ2) is 5.92. The molecule has 2 atom stereocenters. The lowest BCUT2D eigenvalue weighted by atomic mass is 10.0. The molecule has 0 spiro atoms. The lowest BCUT2D eigenvalue weighted by Crippen LogP contribution is -2.68. The zero-order valence-corrected chi connectivity index (χ0v) is 13.5. The second-order valence-corrected chi connectivity index (χ2v) is 6.46. The second-order valence-electron chi connectivity index (χ2n) is 4.95. The fourth-order valence-electron chi connectivity index (χ4n) is 2.43. The van der Waals surface area contributed by atoms with Gasteiger partial charge in [-0.05, 0) is 10.4 Å². The molecule has 4 N–H and O–H groups in total. The number of nitrogens with two attached hydrogens (primary N) is 1. The highest BCUT2D eigenvalue weighted by molar-refractivity contribution is 8.00. The van der Waals surface area contributed by atoms with E-state index in [-0.39, 0.29) is 27.7 Å². The van der Waals surface area contributed by atoms with E-state index in [9.17, 15) is 19.5 Å². The van der Waals surface area contributed by atoms with Gasteiger partial charge in [0.1, 0.15) is 23.7 Å². The fraction of sp³-hybridized carbons (Fsp3) is 0.364. The summed E-state index contributed by atoms with van der Waals surface area (Å²) in [7, 11) is 0. The Hall–Kier alpha value is -2.38. The highest BCUT2D eigenvalue weighted by Crippen LogP contribution is 2.40. The van der Waals surface area contributed by atoms with E-state index in [0.717, 1.165) is 9.58 Å². The molecule has 0 saturated carbocycles. The molecule has 1 fully saturated rings. The van der Waals surface area contributed by atoms with Crippen LogP contribution in [-0.4, -0.2) is 75.2 Å². The molecule has 0 unspecified atom stereocenters. The van der Waals surface area contributed by atoms with Crippen LogP contribution in [0.25, 0.3) is 0 Å². The third-order valence-corrected chi connectivity index (χ3v) is 5.24. The number of β-lactam (4-membered cyclic amide) rings is 1. The number of hydrogen-bond donors (Lipinski definition) is 3. The van der Waals surface area contributed by atoms with Crippen molar-refractivity contribution < 1.29 is 24.6 Å². The van der Waals surface area contributed by atoms with Crippen molar-refractivity contribution in [3.63, 3.8) is 0 Å². The van der Waals surface area contributed by atoms with Crippen molar-refractivity contribution in [2.75, 3.05) is 5.75 Å². The minimum Gasteiger partial charge on any atom is -0.480 e. The zero-order valence-electron chi connectivity index (χ0n) is 11.8. The Labute approximate surface area is 143 Å². The molecule has 11 nitrogen and oxygen atoms in total. The topological polar surface area (TPSA) is 165 Å². The predicted molar refractivity (Wildman–Crippen MR) is 82.9 cm³/mol. The van der Waals surface area contributed by atoms with Gasteiger partial charge in [0.2, 0.25) is 5.91 Å². The first-order chi connectivity index (χ1) is 11.3. The van der Waals surface area contributed by atoms with E-state index in [1.807, 2.05) is 0 Å². The number of fused-ring (bicyclic) bond motifs is 1. The summed E-state index contributed by atoms with van der Waals surface area (Å²) in [5, 5.41) is 28.4. The highest BCUT2D eigenvalue weighted by Gasteiger charge is 2.52. The first-order valence-corrected chi connectivity index (χ1v) is 7.98. The maximum absolute atomic E-state index is 11.9. The fourth-order valence-corrected chi connectivity index (χ4v) is 4.13. The van der Waals surface area contributed by atoms with E-state index >= 15 is 0 Å². The maximum Gasteiger partial charge on any atom is 0.353 e. The van der Waals surface area contributed by atoms with Gasteiger partial charge in [-0.2, -0.15) is 0 Å². The van der Waals surface area contributed by atoms with Gasteiger partial charge in [0.25, 0.3) is 0 Å². The lowest BCUT2D eigenvalue weighted by Gasteiger charge is -2.47. The number of thioether (sulfide) groups is 1. The van der Waals surface area contributed by atoms with Gasteiger partial charge < -0.3 is 15.9 Å². The summed E-state index contributed by atoms with van der Waals surface area (Å²) in [6.07, 6.45) is 0. The lowest BCUT2D eigenvalue weighted by molar-refractivity contribution is -0.147. The summed E-state index contributed by atoms with van der Waals surface area (Å²) in [6, 6.07) is -0.753. The van der Waals surface area contributed by atoms with Crippen molar-refractivity contribution in [3.8, 4) is 0 Å². The Bertz CT molecular complexity index is 805. The van der Waals surface area contributed by atoms with Gasteiger partial charge in [0, 0.05) is 11.3 Å². The van der Waals surface area contributed by atoms with Gasteiger partial charge in [0.15, 0.2) is 5.82 Å². The van der Waals surface area contributed by atoms with E-state index in [1.54, 1.807) is 0 Å². The molecular formula is C11H10N6O5S2. The number of tetrazole rings is 1. The molecule has 3 heterocycles. The number of aromatic nitrogens is 4. The maximum atomic E-state index is 11.9. The molecule has 3 rings (SSSR count). The average molecular weight is 370 g/mol. The van der Waals surface area contributed by atoms with Crippen LogP contribution >= 0.6 is 24.0 Å². The Balaban J connectivity index is 2.02. The van der Waals surface area contributed by atoms with Crippen LogP contribution in [0.3, 0.4) is 0 Å². The van der Waals surface area contributed by atoms with Crippen LogP contribution in [-0.2, 0) is 20.9 Å². The summed E-state index contributed by atoms with van der Waals surface area (Å²) in [4.78, 5) is 35.4. The van der Waals surface area contributed by atoms with E-state index in [0.29, 0.717) is 0 Å². The normalized spacial score (nSPS) is 22.9. The Kier molecular flexibility index (Phi) is 4.06. The summed E-state index contributed by atoms with van der Waals surface area (Å²) >= 11 is 6.53. The summed E-state index contributed by atoms with van der Waals surface area (Å²) in [5.74, 6) is -2.86. The molecule has 1 aromatic rings. The van der Waals surface area contributed by atoms with Crippen molar-refractivity contribution in [1.29, 1.82) is 0 Å². The quantitative estimate of drug-likeness (QED) is 0.300. The molecule has 0 bridgehead atoms. The molecule has 2 aliphatic heterocycles. The number of hydrogen-bond acceptors (Lipinski definition) is 9. The Morgan fingerprint density at radius 2 is 2.12 bits per heavy atom. The molecule has 0 radical (unpaired) electrons. The number of nitrogens with zero attached hydrogens (tertiary/aromatic N) is 5. The van der Waals surface area contributed by atoms with Crippen molar-refractivity contribution in [1.82, 2.24) is 25.1 Å². The molecule has 24 heavy (non-hydrogen) atoms. The first kappa shape index (κ1) is 16.5. The van der Waals surface area contributed by atoms with Gasteiger partial charge >= 0.3 is 11.9 Å². The van der Waals surface area contributed by atoms with E-state index in [4.69, 9.17) is 23.1 Å². The number of aliphatic carboxylic acids is 2. The number of carboxylic acid groups (broad SMARTS) is 2. The molecule has 13 heteroatoms. The van der Waals surface area contributed by atoms with Crippen LogP contribution in [0.1, 0.15) is 5.82 Å². The minimum absolute atomic E-state index is 0.0159. The Morgan fingerprint density at radius 1 is 1.42 bits per heavy atom. The van der Waals surface area contributed by atoms with E-state index < -0.39 is 35.8 Å². The molecule has 0 aromatic carbocycles. The van der Waals surface area contributed by atoms with Crippen molar-refractivity contribution in [2.45, 2.75) is 18.0 Å². The largest absolute Gasteiger partial charge is 0.480 e. The zero-order chi connectivity index (χ0) is 17.6. The van der Waals surface area contributed by atoms with Crippen LogP contribution in [0.4, 0.5) is 0 Å². The summed E-state index contributed by atoms with van der Waals surface area (Å²) in [5.41, 5.74) is 5.59. The number of rotatable bonds is 5. The first-order valence-electron chi connectivity index (χ1n) is 6.52. The molecule has 1 amide bonds. The summed E-state index contributed by atoms with van der Waals surface area (Å²) < 4.78 is 0.956. The van der Waals surface area contributed by atoms with Crippen LogP contribution in [0.5, 0.6) is 0 Å². The third kappa shape index (κ3) is 2.46. The molecular weight excluding hydrogens is 360 g/mol. The molecule has 1 aromatic heterocycles. The molecule has 1 saturated heterocycles. The molecule has 0 aliphatic carbocycles. The third-order valence-electron chi connectivity index (χ3n) is 3.51. The number of carboxylic acids is 2. The van der Waals surface area contributed by atoms with Gasteiger partial charge in [0.05, 0.1) is 4.86 Å². The number of carbonyl (C=O) groups is 3. The predicted octanol–water partition coefficient (Wildman–Crippen LogP) is -1.94. The van der Waals surface area contributed by atoms with Gasteiger partial charge in [-0.3, -0.25) is 14.5 Å². The van der Waals surface area contributed by atoms with E-state index in [2.05, 4.69) is 15.5 Å². The van der Waals surface area contributed by atoms with Crippen LogP contribution in [0, 0.1) is 0 Å². The minimum atomic E-state index is -1.32. The van der Waals surface area contributed by atoms with Gasteiger partial charge in [-0.1, -0.05) is 12.2 Å².